The maximum absolute atomic E-state index is 13.4. The van der Waals surface area contributed by atoms with Gasteiger partial charge in [-0.25, -0.2) is 4.79 Å². The van der Waals surface area contributed by atoms with E-state index in [-0.39, 0.29) is 23.8 Å². The van der Waals surface area contributed by atoms with Gasteiger partial charge in [0.05, 0.1) is 12.7 Å². The number of aryl methyl sites for hydroxylation is 2. The van der Waals surface area contributed by atoms with Crippen molar-refractivity contribution >= 4 is 28.4 Å². The summed E-state index contributed by atoms with van der Waals surface area (Å²) in [5.74, 6) is -0.238. The van der Waals surface area contributed by atoms with Gasteiger partial charge in [0.25, 0.3) is 5.56 Å². The molecule has 8 heteroatoms. The van der Waals surface area contributed by atoms with E-state index in [0.29, 0.717) is 19.5 Å². The van der Waals surface area contributed by atoms with E-state index in [1.54, 1.807) is 6.26 Å². The molecule has 0 saturated heterocycles. The Morgan fingerprint density at radius 3 is 2.50 bits per heavy atom. The number of carbonyl (C=O) groups is 1. The van der Waals surface area contributed by atoms with Gasteiger partial charge >= 0.3 is 5.69 Å². The SMILES string of the molecule is CCCCN(C(=O)Cc1coc2cc(C)c(C)cc12)c1c(N)n(CCCC)c(=O)[nH]c1=O. The number of unbranched alkanes of at least 4 members (excludes halogenated alkanes) is 2. The van der Waals surface area contributed by atoms with Gasteiger partial charge in [0.2, 0.25) is 5.91 Å². The summed E-state index contributed by atoms with van der Waals surface area (Å²) < 4.78 is 7.01. The molecule has 3 N–H and O–H groups in total. The number of nitrogens with one attached hydrogen (secondary N) is 1. The molecule has 0 aliphatic heterocycles. The molecule has 1 aromatic carbocycles. The van der Waals surface area contributed by atoms with Crippen molar-refractivity contribution in [2.75, 3.05) is 17.2 Å². The maximum Gasteiger partial charge on any atom is 0.330 e. The van der Waals surface area contributed by atoms with E-state index in [9.17, 15) is 14.4 Å². The van der Waals surface area contributed by atoms with Crippen LogP contribution in [0.3, 0.4) is 0 Å². The number of hydrogen-bond donors (Lipinski definition) is 2. The zero-order chi connectivity index (χ0) is 23.4. The van der Waals surface area contributed by atoms with Crippen LogP contribution in [0.1, 0.15) is 56.2 Å². The normalized spacial score (nSPS) is 11.2. The van der Waals surface area contributed by atoms with Crippen LogP contribution >= 0.6 is 0 Å². The standard InChI is InChI=1S/C24H32N4O4/c1-5-7-9-27(21-22(25)28(10-8-6-2)24(31)26-23(21)30)20(29)13-17-14-32-19-12-16(4)15(3)11-18(17)19/h11-12,14H,5-10,13,25H2,1-4H3,(H,26,30,31). The molecule has 1 amide bonds. The average molecular weight is 441 g/mol. The van der Waals surface area contributed by atoms with Gasteiger partial charge in [-0.15, -0.1) is 0 Å². The second kappa shape index (κ2) is 9.89. The highest BCUT2D eigenvalue weighted by Gasteiger charge is 2.25. The summed E-state index contributed by atoms with van der Waals surface area (Å²) in [7, 11) is 0. The van der Waals surface area contributed by atoms with Crippen LogP contribution in [0.2, 0.25) is 0 Å². The molecule has 0 bridgehead atoms. The van der Waals surface area contributed by atoms with Crippen molar-refractivity contribution in [1.82, 2.24) is 9.55 Å². The van der Waals surface area contributed by atoms with E-state index >= 15 is 0 Å². The number of H-pyrrole nitrogens is 1. The maximum atomic E-state index is 13.4. The van der Waals surface area contributed by atoms with Gasteiger partial charge in [-0.2, -0.15) is 0 Å². The molecule has 32 heavy (non-hydrogen) atoms. The number of nitrogens with zero attached hydrogens (tertiary/aromatic N) is 2. The van der Waals surface area contributed by atoms with Crippen LogP contribution in [0, 0.1) is 13.8 Å². The number of benzene rings is 1. The summed E-state index contributed by atoms with van der Waals surface area (Å²) in [6.45, 7) is 8.75. The Morgan fingerprint density at radius 1 is 1.12 bits per heavy atom. The molecule has 3 aromatic rings. The molecule has 3 rings (SSSR count). The Bertz CT molecular complexity index is 1240. The predicted molar refractivity (Wildman–Crippen MR) is 127 cm³/mol. The summed E-state index contributed by atoms with van der Waals surface area (Å²) in [5.41, 5.74) is 8.81. The summed E-state index contributed by atoms with van der Waals surface area (Å²) in [5, 5.41) is 0.881. The van der Waals surface area contributed by atoms with Crippen molar-refractivity contribution in [1.29, 1.82) is 0 Å². The molecule has 0 atom stereocenters. The minimum absolute atomic E-state index is 0.0279. The number of nitrogen functional groups attached to an aromatic ring is 1. The smallest absolute Gasteiger partial charge is 0.330 e. The molecule has 0 saturated carbocycles. The fourth-order valence-electron chi connectivity index (χ4n) is 3.79. The first-order valence-electron chi connectivity index (χ1n) is 11.2. The molecular formula is C24H32N4O4. The fourth-order valence-corrected chi connectivity index (χ4v) is 3.79. The largest absolute Gasteiger partial charge is 0.464 e. The van der Waals surface area contributed by atoms with Gasteiger partial charge < -0.3 is 15.1 Å². The monoisotopic (exact) mass is 440 g/mol. The van der Waals surface area contributed by atoms with Crippen LogP contribution in [0.4, 0.5) is 11.5 Å². The quantitative estimate of drug-likeness (QED) is 0.527. The second-order valence-corrected chi connectivity index (χ2v) is 8.27. The molecule has 0 spiro atoms. The lowest BCUT2D eigenvalue weighted by Crippen LogP contribution is -2.42. The Morgan fingerprint density at radius 2 is 1.81 bits per heavy atom. The summed E-state index contributed by atoms with van der Waals surface area (Å²) in [6, 6.07) is 3.97. The highest BCUT2D eigenvalue weighted by atomic mass is 16.3. The number of anilines is 2. The number of rotatable bonds is 9. The zero-order valence-electron chi connectivity index (χ0n) is 19.3. The van der Waals surface area contributed by atoms with E-state index in [1.165, 1.54) is 9.47 Å². The van der Waals surface area contributed by atoms with Crippen molar-refractivity contribution in [3.63, 3.8) is 0 Å². The van der Waals surface area contributed by atoms with E-state index in [0.717, 1.165) is 46.9 Å². The summed E-state index contributed by atoms with van der Waals surface area (Å²) in [4.78, 5) is 42.2. The van der Waals surface area contributed by atoms with E-state index in [2.05, 4.69) is 4.98 Å². The first-order valence-corrected chi connectivity index (χ1v) is 11.2. The third kappa shape index (κ3) is 4.64. The highest BCUT2D eigenvalue weighted by molar-refractivity contribution is 5.99. The minimum atomic E-state index is -0.645. The van der Waals surface area contributed by atoms with Crippen LogP contribution in [-0.4, -0.2) is 22.0 Å². The lowest BCUT2D eigenvalue weighted by molar-refractivity contribution is -0.118. The molecule has 2 aromatic heterocycles. The first kappa shape index (κ1) is 23.4. The van der Waals surface area contributed by atoms with Gasteiger partial charge in [-0.1, -0.05) is 26.7 Å². The molecule has 0 radical (unpaired) electrons. The number of fused-ring (bicyclic) bond motifs is 1. The topological polar surface area (TPSA) is 114 Å². The lowest BCUT2D eigenvalue weighted by atomic mass is 10.0. The number of aromatic nitrogens is 2. The molecule has 0 aliphatic rings. The Labute approximate surface area is 187 Å². The number of nitrogens with two attached hydrogens (primary N) is 1. The lowest BCUT2D eigenvalue weighted by Gasteiger charge is -2.24. The van der Waals surface area contributed by atoms with Crippen molar-refractivity contribution in [2.45, 2.75) is 66.3 Å². The Balaban J connectivity index is 2.02. The third-order valence-corrected chi connectivity index (χ3v) is 5.87. The third-order valence-electron chi connectivity index (χ3n) is 5.87. The Kier molecular flexibility index (Phi) is 7.22. The number of furan rings is 1. The minimum Gasteiger partial charge on any atom is -0.464 e. The van der Waals surface area contributed by atoms with Gasteiger partial charge in [0.1, 0.15) is 11.4 Å². The predicted octanol–water partition coefficient (Wildman–Crippen LogP) is 3.66. The number of carbonyl (C=O) groups excluding carboxylic acids is 1. The Hall–Kier alpha value is -3.29. The van der Waals surface area contributed by atoms with Crippen LogP contribution in [0.5, 0.6) is 0 Å². The number of hydrogen-bond acceptors (Lipinski definition) is 5. The second-order valence-electron chi connectivity index (χ2n) is 8.27. The van der Waals surface area contributed by atoms with Crippen LogP contribution in [0.25, 0.3) is 11.0 Å². The number of aromatic amines is 1. The van der Waals surface area contributed by atoms with Gasteiger partial charge in [0.15, 0.2) is 5.69 Å². The molecule has 2 heterocycles. The van der Waals surface area contributed by atoms with E-state index < -0.39 is 11.2 Å². The van der Waals surface area contributed by atoms with Crippen LogP contribution < -0.4 is 21.9 Å². The van der Waals surface area contributed by atoms with Crippen LogP contribution in [-0.2, 0) is 17.8 Å². The van der Waals surface area contributed by atoms with Crippen molar-refractivity contribution < 1.29 is 9.21 Å². The van der Waals surface area contributed by atoms with Gasteiger partial charge in [-0.3, -0.25) is 19.1 Å². The molecule has 8 nitrogen and oxygen atoms in total. The summed E-state index contributed by atoms with van der Waals surface area (Å²) in [6.07, 6.45) is 4.79. The van der Waals surface area contributed by atoms with Crippen molar-refractivity contribution in [2.24, 2.45) is 0 Å². The van der Waals surface area contributed by atoms with E-state index in [4.69, 9.17) is 10.2 Å². The van der Waals surface area contributed by atoms with E-state index in [1.807, 2.05) is 39.8 Å². The molecular weight excluding hydrogens is 408 g/mol. The molecule has 0 fully saturated rings. The highest BCUT2D eigenvalue weighted by Crippen LogP contribution is 2.26. The molecule has 172 valence electrons. The van der Waals surface area contributed by atoms with Crippen molar-refractivity contribution in [3.8, 4) is 0 Å². The first-order chi connectivity index (χ1) is 15.3. The van der Waals surface area contributed by atoms with Crippen LogP contribution in [0.15, 0.2) is 32.4 Å². The molecule has 0 unspecified atom stereocenters. The molecule has 0 aliphatic carbocycles. The average Bonchev–Trinajstić information content (AvgIpc) is 3.11. The zero-order valence-corrected chi connectivity index (χ0v) is 19.3. The summed E-state index contributed by atoms with van der Waals surface area (Å²) >= 11 is 0. The van der Waals surface area contributed by atoms with Gasteiger partial charge in [0, 0.05) is 24.0 Å². The number of amides is 1. The van der Waals surface area contributed by atoms with Crippen molar-refractivity contribution in [3.05, 3.63) is 55.9 Å². The van der Waals surface area contributed by atoms with Gasteiger partial charge in [-0.05, 0) is 49.9 Å². The fraction of sp³-hybridized carbons (Fsp3) is 0.458.